The fraction of sp³-hybridized carbons (Fsp3) is 0.423. The van der Waals surface area contributed by atoms with Crippen LogP contribution < -0.4 is 21.1 Å². The number of halogens is 1. The molecule has 37 heavy (non-hydrogen) atoms. The van der Waals surface area contributed by atoms with Gasteiger partial charge in [0.25, 0.3) is 0 Å². The van der Waals surface area contributed by atoms with Crippen molar-refractivity contribution in [3.05, 3.63) is 35.9 Å². The predicted octanol–water partition coefficient (Wildman–Crippen LogP) is 3.54. The second kappa shape index (κ2) is 9.31. The molecule has 0 radical (unpaired) electrons. The third kappa shape index (κ3) is 4.27. The van der Waals surface area contributed by atoms with Gasteiger partial charge in [-0.2, -0.15) is 0 Å². The van der Waals surface area contributed by atoms with Crippen molar-refractivity contribution in [1.29, 1.82) is 0 Å². The van der Waals surface area contributed by atoms with Gasteiger partial charge in [0.1, 0.15) is 24.2 Å². The van der Waals surface area contributed by atoms with Crippen LogP contribution >= 0.6 is 0 Å². The summed E-state index contributed by atoms with van der Waals surface area (Å²) >= 11 is 0. The average Bonchev–Trinajstić information content (AvgIpc) is 2.87. The third-order valence-electron chi connectivity index (χ3n) is 7.58. The number of nitrogen functional groups attached to an aromatic ring is 1. The molecule has 0 spiro atoms. The first-order chi connectivity index (χ1) is 17.9. The predicted molar refractivity (Wildman–Crippen MR) is 137 cm³/mol. The van der Waals surface area contributed by atoms with Crippen molar-refractivity contribution in [2.75, 3.05) is 49.8 Å². The summed E-state index contributed by atoms with van der Waals surface area (Å²) < 4.78 is 32.3. The minimum absolute atomic E-state index is 0.0180. The summed E-state index contributed by atoms with van der Waals surface area (Å²) in [4.78, 5) is 23.6. The summed E-state index contributed by atoms with van der Waals surface area (Å²) in [7, 11) is 2.09. The topological polar surface area (TPSA) is 124 Å². The Morgan fingerprint density at radius 3 is 2.78 bits per heavy atom. The van der Waals surface area contributed by atoms with E-state index >= 15 is 4.39 Å². The number of hydrogen-bond donors (Lipinski definition) is 3. The highest BCUT2D eigenvalue weighted by atomic mass is 19.1. The van der Waals surface area contributed by atoms with E-state index in [0.29, 0.717) is 60.0 Å². The zero-order valence-electron chi connectivity index (χ0n) is 20.7. The maximum Gasteiger partial charge on any atom is 0.413 e. The number of benzene rings is 1. The molecule has 4 N–H and O–H groups in total. The molecule has 1 amide bonds. The molecular formula is C26H29FN6O4. The van der Waals surface area contributed by atoms with Crippen LogP contribution in [0.5, 0.6) is 5.88 Å². The number of pyridine rings is 2. The van der Waals surface area contributed by atoms with Gasteiger partial charge in [0.2, 0.25) is 5.88 Å². The van der Waals surface area contributed by atoms with Gasteiger partial charge in [0.15, 0.2) is 5.82 Å². The van der Waals surface area contributed by atoms with Crippen LogP contribution in [0.2, 0.25) is 0 Å². The molecule has 2 bridgehead atoms. The maximum atomic E-state index is 15.4. The number of piperidine rings is 1. The molecule has 3 aliphatic heterocycles. The monoisotopic (exact) mass is 508 g/mol. The standard InChI is InChI=1S/C26H29FN6O4/c1-13-19(9-31-25-24(13)29-3-4-36-25)18-5-14-6-21(30-10-20(14)23(28)22(18)27)32-26(34)37-17-7-15-11-35-12-16(8-17)33(15)2/h5-6,9-10,15-17,29H,3-4,7-8,11-12,28H2,1-2H3,(H,30,32,34). The number of nitrogens with zero attached hydrogens (tertiary/aromatic N) is 3. The molecular weight excluding hydrogens is 479 g/mol. The normalized spacial score (nSPS) is 23.1. The van der Waals surface area contributed by atoms with Crippen LogP contribution in [0.25, 0.3) is 21.9 Å². The van der Waals surface area contributed by atoms with E-state index in [0.717, 1.165) is 24.1 Å². The Morgan fingerprint density at radius 2 is 2.00 bits per heavy atom. The smallest absolute Gasteiger partial charge is 0.413 e. The summed E-state index contributed by atoms with van der Waals surface area (Å²) in [6, 6.07) is 3.83. The van der Waals surface area contributed by atoms with Gasteiger partial charge in [0, 0.05) is 60.4 Å². The summed E-state index contributed by atoms with van der Waals surface area (Å²) in [5, 5.41) is 7.07. The van der Waals surface area contributed by atoms with Gasteiger partial charge in [-0.05, 0) is 37.1 Å². The molecule has 2 unspecified atom stereocenters. The fourth-order valence-corrected chi connectivity index (χ4v) is 5.48. The Bertz CT molecular complexity index is 1370. The van der Waals surface area contributed by atoms with E-state index in [4.69, 9.17) is 19.9 Å². The molecule has 2 atom stereocenters. The maximum absolute atomic E-state index is 15.4. The number of likely N-dealkylation sites (N-methyl/N-ethyl adjacent to an activating group) is 1. The second-order valence-corrected chi connectivity index (χ2v) is 9.83. The van der Waals surface area contributed by atoms with Crippen molar-refractivity contribution in [3.8, 4) is 17.0 Å². The first kappa shape index (κ1) is 23.7. The largest absolute Gasteiger partial charge is 0.474 e. The minimum atomic E-state index is -0.573. The molecule has 2 saturated heterocycles. The van der Waals surface area contributed by atoms with Gasteiger partial charge in [-0.3, -0.25) is 10.2 Å². The van der Waals surface area contributed by atoms with E-state index in [9.17, 15) is 4.79 Å². The molecule has 0 aliphatic carbocycles. The molecule has 3 aliphatic rings. The van der Waals surface area contributed by atoms with Crippen LogP contribution in [0.15, 0.2) is 24.5 Å². The number of carbonyl (C=O) groups excluding carboxylic acids is 1. The molecule has 3 aromatic rings. The van der Waals surface area contributed by atoms with E-state index in [2.05, 4.69) is 32.5 Å². The van der Waals surface area contributed by atoms with Crippen LogP contribution in [0.1, 0.15) is 18.4 Å². The van der Waals surface area contributed by atoms with Gasteiger partial charge in [-0.1, -0.05) is 0 Å². The van der Waals surface area contributed by atoms with Crippen molar-refractivity contribution < 1.29 is 23.4 Å². The lowest BCUT2D eigenvalue weighted by atomic mass is 9.92. The van der Waals surface area contributed by atoms with Crippen molar-refractivity contribution >= 4 is 34.1 Å². The lowest BCUT2D eigenvalue weighted by molar-refractivity contribution is -0.0936. The summed E-state index contributed by atoms with van der Waals surface area (Å²) in [5.74, 6) is 0.241. The summed E-state index contributed by atoms with van der Waals surface area (Å²) in [5.41, 5.74) is 8.62. The van der Waals surface area contributed by atoms with E-state index < -0.39 is 11.9 Å². The number of anilines is 3. The first-order valence-corrected chi connectivity index (χ1v) is 12.4. The quantitative estimate of drug-likeness (QED) is 0.456. The fourth-order valence-electron chi connectivity index (χ4n) is 5.48. The van der Waals surface area contributed by atoms with Crippen molar-refractivity contribution in [3.63, 3.8) is 0 Å². The number of aromatic nitrogens is 2. The molecule has 194 valence electrons. The highest BCUT2D eigenvalue weighted by Crippen LogP contribution is 2.39. The van der Waals surface area contributed by atoms with Crippen molar-refractivity contribution in [2.24, 2.45) is 0 Å². The Balaban J connectivity index is 1.25. The molecule has 2 fully saturated rings. The SMILES string of the molecule is Cc1c(-c2cc3cc(NC(=O)OC4CC5COCC(C4)N5C)ncc3c(N)c2F)cnc2c1NCCO2. The number of ether oxygens (including phenoxy) is 3. The second-order valence-electron chi connectivity index (χ2n) is 9.83. The number of hydrogen-bond acceptors (Lipinski definition) is 9. The number of nitrogens with one attached hydrogen (secondary N) is 2. The molecule has 1 aromatic carbocycles. The number of fused-ring (bicyclic) bond motifs is 4. The number of morpholine rings is 1. The van der Waals surface area contributed by atoms with Crippen LogP contribution in [-0.2, 0) is 9.47 Å². The van der Waals surface area contributed by atoms with Crippen LogP contribution in [0.4, 0.5) is 26.4 Å². The average molecular weight is 509 g/mol. The molecule has 0 saturated carbocycles. The van der Waals surface area contributed by atoms with Gasteiger partial charge < -0.3 is 25.3 Å². The highest BCUT2D eigenvalue weighted by molar-refractivity contribution is 5.99. The molecule has 5 heterocycles. The zero-order chi connectivity index (χ0) is 25.7. The van der Waals surface area contributed by atoms with Crippen molar-refractivity contribution in [1.82, 2.24) is 14.9 Å². The van der Waals surface area contributed by atoms with Crippen molar-refractivity contribution in [2.45, 2.75) is 38.0 Å². The molecule has 2 aromatic heterocycles. The zero-order valence-corrected chi connectivity index (χ0v) is 20.7. The lowest BCUT2D eigenvalue weighted by Crippen LogP contribution is -2.56. The third-order valence-corrected chi connectivity index (χ3v) is 7.58. The number of nitrogens with two attached hydrogens (primary N) is 1. The van der Waals surface area contributed by atoms with Crippen LogP contribution in [0, 0.1) is 12.7 Å². The Morgan fingerprint density at radius 1 is 1.22 bits per heavy atom. The van der Waals surface area contributed by atoms with Gasteiger partial charge in [0.05, 0.1) is 18.9 Å². The van der Waals surface area contributed by atoms with E-state index in [1.54, 1.807) is 18.3 Å². The Labute approximate surface area is 213 Å². The molecule has 6 rings (SSSR count). The highest BCUT2D eigenvalue weighted by Gasteiger charge is 2.38. The van der Waals surface area contributed by atoms with Crippen LogP contribution in [0.3, 0.4) is 0 Å². The Hall–Kier alpha value is -3.70. The van der Waals surface area contributed by atoms with Gasteiger partial charge in [-0.15, -0.1) is 0 Å². The summed E-state index contributed by atoms with van der Waals surface area (Å²) in [6.07, 6.45) is 3.72. The molecule has 10 nitrogen and oxygen atoms in total. The van der Waals surface area contributed by atoms with Crippen LogP contribution in [-0.4, -0.2) is 72.6 Å². The van der Waals surface area contributed by atoms with Gasteiger partial charge in [-0.25, -0.2) is 19.2 Å². The van der Waals surface area contributed by atoms with E-state index in [1.165, 1.54) is 6.20 Å². The minimum Gasteiger partial charge on any atom is -0.474 e. The number of rotatable bonds is 3. The van der Waals surface area contributed by atoms with Gasteiger partial charge >= 0.3 is 6.09 Å². The lowest BCUT2D eigenvalue weighted by Gasteiger charge is -2.46. The number of amides is 1. The van der Waals surface area contributed by atoms with E-state index in [-0.39, 0.29) is 23.9 Å². The number of carbonyl (C=O) groups is 1. The Kier molecular flexibility index (Phi) is 5.96. The van der Waals surface area contributed by atoms with E-state index in [1.807, 2.05) is 6.92 Å². The summed E-state index contributed by atoms with van der Waals surface area (Å²) in [6.45, 7) is 4.34. The molecule has 11 heteroatoms. The first-order valence-electron chi connectivity index (χ1n) is 12.4.